The van der Waals surface area contributed by atoms with E-state index in [4.69, 9.17) is 0 Å². The van der Waals surface area contributed by atoms with Crippen molar-refractivity contribution in [1.82, 2.24) is 0 Å². The van der Waals surface area contributed by atoms with E-state index in [2.05, 4.69) is 39.5 Å². The van der Waals surface area contributed by atoms with E-state index in [1.807, 2.05) is 6.08 Å². The Kier molecular flexibility index (Phi) is 4.87. The molecule has 0 saturated heterocycles. The maximum atomic E-state index is 3.76. The van der Waals surface area contributed by atoms with Crippen molar-refractivity contribution in [3.05, 3.63) is 36.0 Å². The number of hydrogen-bond acceptors (Lipinski definition) is 0. The van der Waals surface area contributed by atoms with Gasteiger partial charge in [0.1, 0.15) is 0 Å². The Morgan fingerprint density at radius 1 is 1.60 bits per heavy atom. The zero-order valence-electron chi connectivity index (χ0n) is 10.4. The molecule has 0 nitrogen and oxygen atoms in total. The van der Waals surface area contributed by atoms with Crippen LogP contribution in [0.5, 0.6) is 0 Å². The molecule has 1 aliphatic rings. The van der Waals surface area contributed by atoms with E-state index in [1.54, 1.807) is 11.1 Å². The summed E-state index contributed by atoms with van der Waals surface area (Å²) < 4.78 is 0. The maximum Gasteiger partial charge on any atom is -0.0166 e. The molecular formula is C15H24. The van der Waals surface area contributed by atoms with E-state index in [1.165, 1.54) is 19.3 Å². The van der Waals surface area contributed by atoms with Gasteiger partial charge in [-0.2, -0.15) is 0 Å². The first kappa shape index (κ1) is 12.3. The van der Waals surface area contributed by atoms with Gasteiger partial charge in [0.2, 0.25) is 0 Å². The van der Waals surface area contributed by atoms with Gasteiger partial charge < -0.3 is 0 Å². The van der Waals surface area contributed by atoms with E-state index < -0.39 is 0 Å². The largest absolute Gasteiger partial charge is 0.103 e. The van der Waals surface area contributed by atoms with Gasteiger partial charge in [-0.3, -0.25) is 0 Å². The van der Waals surface area contributed by atoms with Crippen molar-refractivity contribution < 1.29 is 0 Å². The molecule has 0 amide bonds. The molecule has 0 heteroatoms. The standard InChI is InChI=1S/C15H24/c1-5-7-8-12(3)15-10-9-13(4)14(6-2)11-15/h5,8-9,14-15H,1,6-7,10-11H2,2-4H3/b12-8+. The molecule has 0 heterocycles. The van der Waals surface area contributed by atoms with Crippen LogP contribution in [0.25, 0.3) is 0 Å². The van der Waals surface area contributed by atoms with Crippen LogP contribution in [0.15, 0.2) is 36.0 Å². The Labute approximate surface area is 94.8 Å². The Hall–Kier alpha value is -0.780. The van der Waals surface area contributed by atoms with E-state index in [0.29, 0.717) is 0 Å². The third-order valence-electron chi connectivity index (χ3n) is 3.68. The van der Waals surface area contributed by atoms with E-state index in [-0.39, 0.29) is 0 Å². The zero-order chi connectivity index (χ0) is 11.3. The molecule has 15 heavy (non-hydrogen) atoms. The first-order valence-electron chi connectivity index (χ1n) is 6.13. The fraction of sp³-hybridized carbons (Fsp3) is 0.600. The summed E-state index contributed by atoms with van der Waals surface area (Å²) in [5.41, 5.74) is 3.15. The molecule has 0 aromatic rings. The monoisotopic (exact) mass is 204 g/mol. The summed E-state index contributed by atoms with van der Waals surface area (Å²) in [6.07, 6.45) is 11.6. The molecule has 2 atom stereocenters. The molecule has 1 aliphatic carbocycles. The first-order valence-corrected chi connectivity index (χ1v) is 6.13. The van der Waals surface area contributed by atoms with Gasteiger partial charge in [-0.25, -0.2) is 0 Å². The highest BCUT2D eigenvalue weighted by Crippen LogP contribution is 2.34. The molecular weight excluding hydrogens is 180 g/mol. The van der Waals surface area contributed by atoms with Crippen molar-refractivity contribution in [2.24, 2.45) is 11.8 Å². The van der Waals surface area contributed by atoms with Crippen LogP contribution in [0, 0.1) is 11.8 Å². The zero-order valence-corrected chi connectivity index (χ0v) is 10.4. The lowest BCUT2D eigenvalue weighted by atomic mass is 9.77. The van der Waals surface area contributed by atoms with Gasteiger partial charge in [0.05, 0.1) is 0 Å². The Balaban J connectivity index is 2.63. The highest BCUT2D eigenvalue weighted by molar-refractivity contribution is 5.15. The van der Waals surface area contributed by atoms with E-state index >= 15 is 0 Å². The van der Waals surface area contributed by atoms with Gasteiger partial charge in [0.25, 0.3) is 0 Å². The molecule has 1 rings (SSSR count). The second kappa shape index (κ2) is 5.95. The number of hydrogen-bond donors (Lipinski definition) is 0. The molecule has 0 bridgehead atoms. The molecule has 0 spiro atoms. The maximum absolute atomic E-state index is 3.76. The summed E-state index contributed by atoms with van der Waals surface area (Å²) in [6.45, 7) is 10.6. The summed E-state index contributed by atoms with van der Waals surface area (Å²) >= 11 is 0. The summed E-state index contributed by atoms with van der Waals surface area (Å²) in [7, 11) is 0. The Morgan fingerprint density at radius 2 is 2.33 bits per heavy atom. The van der Waals surface area contributed by atoms with Crippen LogP contribution in [0.1, 0.15) is 46.5 Å². The smallest absolute Gasteiger partial charge is 0.0166 e. The lowest BCUT2D eigenvalue weighted by molar-refractivity contribution is 0.415. The Bertz CT molecular complexity index is 268. The van der Waals surface area contributed by atoms with Crippen molar-refractivity contribution >= 4 is 0 Å². The van der Waals surface area contributed by atoms with Crippen molar-refractivity contribution in [1.29, 1.82) is 0 Å². The quantitative estimate of drug-likeness (QED) is 0.572. The molecule has 0 radical (unpaired) electrons. The van der Waals surface area contributed by atoms with Crippen LogP contribution in [0.3, 0.4) is 0 Å². The van der Waals surface area contributed by atoms with Crippen LogP contribution in [0.4, 0.5) is 0 Å². The van der Waals surface area contributed by atoms with Crippen molar-refractivity contribution in [2.45, 2.75) is 46.5 Å². The minimum absolute atomic E-state index is 0.776. The van der Waals surface area contributed by atoms with Gasteiger partial charge in [0.15, 0.2) is 0 Å². The van der Waals surface area contributed by atoms with Crippen molar-refractivity contribution in [3.8, 4) is 0 Å². The average Bonchev–Trinajstić information content (AvgIpc) is 2.26. The third kappa shape index (κ3) is 3.37. The third-order valence-corrected chi connectivity index (χ3v) is 3.68. The normalized spacial score (nSPS) is 27.4. The molecule has 0 saturated carbocycles. The lowest BCUT2D eigenvalue weighted by Crippen LogP contribution is -2.15. The van der Waals surface area contributed by atoms with Gasteiger partial charge >= 0.3 is 0 Å². The topological polar surface area (TPSA) is 0 Å². The minimum atomic E-state index is 0.776. The van der Waals surface area contributed by atoms with Crippen LogP contribution < -0.4 is 0 Å². The predicted octanol–water partition coefficient (Wildman–Crippen LogP) is 4.89. The second-order valence-corrected chi connectivity index (χ2v) is 4.69. The van der Waals surface area contributed by atoms with Gasteiger partial charge in [-0.05, 0) is 51.4 Å². The predicted molar refractivity (Wildman–Crippen MR) is 68.8 cm³/mol. The van der Waals surface area contributed by atoms with Crippen LogP contribution in [-0.4, -0.2) is 0 Å². The average molecular weight is 204 g/mol. The second-order valence-electron chi connectivity index (χ2n) is 4.69. The lowest BCUT2D eigenvalue weighted by Gasteiger charge is -2.28. The molecule has 2 unspecified atom stereocenters. The SMILES string of the molecule is C=CC/C=C(\C)C1CC=C(C)C(CC)C1. The van der Waals surface area contributed by atoms with Crippen molar-refractivity contribution in [2.75, 3.05) is 0 Å². The number of rotatable bonds is 4. The Morgan fingerprint density at radius 3 is 2.93 bits per heavy atom. The fourth-order valence-electron chi connectivity index (χ4n) is 2.42. The summed E-state index contributed by atoms with van der Waals surface area (Å²) in [5, 5.41) is 0. The van der Waals surface area contributed by atoms with Crippen LogP contribution in [-0.2, 0) is 0 Å². The van der Waals surface area contributed by atoms with E-state index in [9.17, 15) is 0 Å². The molecule has 0 N–H and O–H groups in total. The number of allylic oxidation sites excluding steroid dienone is 5. The molecule has 0 fully saturated rings. The highest BCUT2D eigenvalue weighted by Gasteiger charge is 2.21. The first-order chi connectivity index (χ1) is 7.19. The molecule has 84 valence electrons. The summed E-state index contributed by atoms with van der Waals surface area (Å²) in [5.74, 6) is 1.59. The molecule has 0 aromatic heterocycles. The summed E-state index contributed by atoms with van der Waals surface area (Å²) in [4.78, 5) is 0. The van der Waals surface area contributed by atoms with Gasteiger partial charge in [-0.15, -0.1) is 6.58 Å². The van der Waals surface area contributed by atoms with Gasteiger partial charge in [-0.1, -0.05) is 36.3 Å². The van der Waals surface area contributed by atoms with Crippen molar-refractivity contribution in [3.63, 3.8) is 0 Å². The van der Waals surface area contributed by atoms with E-state index in [0.717, 1.165) is 18.3 Å². The van der Waals surface area contributed by atoms with Crippen LogP contribution in [0.2, 0.25) is 0 Å². The van der Waals surface area contributed by atoms with Gasteiger partial charge in [0, 0.05) is 0 Å². The highest BCUT2D eigenvalue weighted by atomic mass is 14.3. The fourth-order valence-corrected chi connectivity index (χ4v) is 2.42. The molecule has 0 aliphatic heterocycles. The summed E-state index contributed by atoms with van der Waals surface area (Å²) in [6, 6.07) is 0. The van der Waals surface area contributed by atoms with Crippen LogP contribution >= 0.6 is 0 Å². The minimum Gasteiger partial charge on any atom is -0.103 e. The molecule has 0 aromatic carbocycles.